The zero-order valence-electron chi connectivity index (χ0n) is 20.3. The molecule has 2 aromatic carbocycles. The molecule has 0 aliphatic carbocycles. The van der Waals surface area contributed by atoms with Crippen LogP contribution in [0.5, 0.6) is 0 Å². The zero-order chi connectivity index (χ0) is 23.6. The third kappa shape index (κ3) is 9.95. The maximum atomic E-state index is 12.5. The molecule has 0 spiro atoms. The summed E-state index contributed by atoms with van der Waals surface area (Å²) in [5.41, 5.74) is 4.90. The number of nitrogens with one attached hydrogen (secondary N) is 1. The summed E-state index contributed by atoms with van der Waals surface area (Å²) >= 11 is 0. The van der Waals surface area contributed by atoms with E-state index in [2.05, 4.69) is 70.8 Å². The molecule has 0 unspecified atom stereocenters. The highest BCUT2D eigenvalue weighted by Gasteiger charge is 2.02. The topological polar surface area (TPSA) is 15.8 Å². The minimum Gasteiger partial charge on any atom is -0.362 e. The van der Waals surface area contributed by atoms with Crippen LogP contribution in [0.4, 0.5) is 8.78 Å². The Labute approximate surface area is 187 Å². The summed E-state index contributed by atoms with van der Waals surface area (Å²) in [4.78, 5) is 2.83. The van der Waals surface area contributed by atoms with Gasteiger partial charge in [0.1, 0.15) is 11.6 Å². The van der Waals surface area contributed by atoms with E-state index in [0.29, 0.717) is 23.7 Å². The third-order valence-electron chi connectivity index (χ3n) is 5.05. The predicted octanol–water partition coefficient (Wildman–Crippen LogP) is 9.16. The highest BCUT2D eigenvalue weighted by molar-refractivity contribution is 5.27. The van der Waals surface area contributed by atoms with Crippen LogP contribution in [0.25, 0.3) is 0 Å². The van der Waals surface area contributed by atoms with Gasteiger partial charge in [-0.25, -0.2) is 8.78 Å². The van der Waals surface area contributed by atoms with E-state index in [9.17, 15) is 8.78 Å². The van der Waals surface area contributed by atoms with Gasteiger partial charge in [-0.1, -0.05) is 91.8 Å². The summed E-state index contributed by atoms with van der Waals surface area (Å²) in [6.07, 6.45) is 1.37. The maximum Gasteiger partial charge on any atom is 0.140 e. The Balaban J connectivity index is 0.000000235. The Morgan fingerprint density at radius 2 is 1.00 bits per heavy atom. The summed E-state index contributed by atoms with van der Waals surface area (Å²) in [5, 5.41) is 0. The molecule has 0 radical (unpaired) electrons. The smallest absolute Gasteiger partial charge is 0.140 e. The van der Waals surface area contributed by atoms with E-state index in [1.54, 1.807) is 12.1 Å². The van der Waals surface area contributed by atoms with Crippen LogP contribution < -0.4 is 0 Å². The summed E-state index contributed by atoms with van der Waals surface area (Å²) in [6, 6.07) is 17.1. The van der Waals surface area contributed by atoms with Gasteiger partial charge in [-0.05, 0) is 58.6 Å². The van der Waals surface area contributed by atoms with E-state index >= 15 is 0 Å². The average molecular weight is 428 g/mol. The number of rotatable bonds is 4. The Morgan fingerprint density at radius 3 is 1.29 bits per heavy atom. The highest BCUT2D eigenvalue weighted by Crippen LogP contribution is 2.20. The molecule has 0 bridgehead atoms. The minimum atomic E-state index is -0.182. The lowest BCUT2D eigenvalue weighted by atomic mass is 9.96. The molecule has 3 heteroatoms. The van der Waals surface area contributed by atoms with E-state index in [1.165, 1.54) is 29.5 Å². The van der Waals surface area contributed by atoms with Gasteiger partial charge in [0.05, 0.1) is 0 Å². The van der Waals surface area contributed by atoms with Gasteiger partial charge in [-0.2, -0.15) is 0 Å². The maximum absolute atomic E-state index is 12.5. The van der Waals surface area contributed by atoms with Gasteiger partial charge in [0.2, 0.25) is 0 Å². The van der Waals surface area contributed by atoms with Crippen molar-refractivity contribution in [1.82, 2.24) is 4.98 Å². The van der Waals surface area contributed by atoms with Crippen molar-refractivity contribution in [3.63, 3.8) is 0 Å². The lowest BCUT2D eigenvalue weighted by molar-refractivity contribution is 0.623. The number of hydrogen-bond donors (Lipinski definition) is 1. The van der Waals surface area contributed by atoms with E-state index < -0.39 is 0 Å². The second-order valence-corrected chi connectivity index (χ2v) is 9.12. The molecular formula is C28H39F2N. The van der Waals surface area contributed by atoms with Gasteiger partial charge in [-0.15, -0.1) is 0 Å². The first-order valence-corrected chi connectivity index (χ1v) is 11.2. The van der Waals surface area contributed by atoms with Gasteiger partial charge < -0.3 is 4.98 Å². The first-order chi connectivity index (χ1) is 14.5. The van der Waals surface area contributed by atoms with Gasteiger partial charge in [0.15, 0.2) is 0 Å². The monoisotopic (exact) mass is 427 g/mol. The number of H-pyrrole nitrogens is 1. The van der Waals surface area contributed by atoms with Crippen molar-refractivity contribution in [2.75, 3.05) is 0 Å². The standard InChI is InChI=1S/C12H18.C9H11F.C7H10FN/c1-9(2)11-6-5-7-12(8-11)10(3)4;1-7(2)8-4-3-5-9(10)6-8;1-5(2)7-3-6(8)4-9-7/h5-10H,1-4H3;3-7H,1-2H3;3-5,9H,1-2H3. The second-order valence-electron chi connectivity index (χ2n) is 9.12. The SMILES string of the molecule is CC(C)c1cc(F)c[nH]1.CC(C)c1cccc(C(C)C)c1.CC(C)c1cccc(F)c1. The molecule has 0 amide bonds. The van der Waals surface area contributed by atoms with E-state index in [0.717, 1.165) is 11.3 Å². The van der Waals surface area contributed by atoms with Gasteiger partial charge in [-0.3, -0.25) is 0 Å². The fraction of sp³-hybridized carbons (Fsp3) is 0.429. The fourth-order valence-electron chi connectivity index (χ4n) is 2.86. The van der Waals surface area contributed by atoms with Crippen LogP contribution in [0.1, 0.15) is 101 Å². The van der Waals surface area contributed by atoms with Crippen molar-refractivity contribution in [3.8, 4) is 0 Å². The molecule has 0 saturated heterocycles. The quantitative estimate of drug-likeness (QED) is 0.427. The Hall–Kier alpha value is -2.42. The number of aromatic nitrogens is 1. The summed E-state index contributed by atoms with van der Waals surface area (Å²) in [5.74, 6) is 1.75. The average Bonchev–Trinajstić information content (AvgIpc) is 3.16. The van der Waals surface area contributed by atoms with E-state index in [4.69, 9.17) is 0 Å². The van der Waals surface area contributed by atoms with Gasteiger partial charge >= 0.3 is 0 Å². The van der Waals surface area contributed by atoms with Crippen molar-refractivity contribution >= 4 is 0 Å². The molecule has 0 aliphatic heterocycles. The second kappa shape index (κ2) is 13.1. The summed E-state index contributed by atoms with van der Waals surface area (Å²) < 4.78 is 24.8. The lowest BCUT2D eigenvalue weighted by Crippen LogP contribution is -1.91. The van der Waals surface area contributed by atoms with Crippen molar-refractivity contribution in [2.24, 2.45) is 0 Å². The predicted molar refractivity (Wildman–Crippen MR) is 130 cm³/mol. The first-order valence-electron chi connectivity index (χ1n) is 11.2. The molecule has 3 aromatic rings. The van der Waals surface area contributed by atoms with Crippen LogP contribution in [-0.4, -0.2) is 4.98 Å². The van der Waals surface area contributed by atoms with Gasteiger partial charge in [0.25, 0.3) is 0 Å². The molecule has 0 aliphatic rings. The number of halogens is 2. The van der Waals surface area contributed by atoms with Crippen LogP contribution in [0, 0.1) is 11.6 Å². The Morgan fingerprint density at radius 1 is 0.548 bits per heavy atom. The van der Waals surface area contributed by atoms with Crippen molar-refractivity contribution in [1.29, 1.82) is 0 Å². The molecule has 1 heterocycles. The largest absolute Gasteiger partial charge is 0.362 e. The molecule has 170 valence electrons. The van der Waals surface area contributed by atoms with E-state index in [-0.39, 0.29) is 11.6 Å². The normalized spacial score (nSPS) is 10.8. The molecular weight excluding hydrogens is 388 g/mol. The zero-order valence-corrected chi connectivity index (χ0v) is 20.3. The van der Waals surface area contributed by atoms with Gasteiger partial charge in [0, 0.05) is 11.9 Å². The van der Waals surface area contributed by atoms with Crippen LogP contribution in [0.2, 0.25) is 0 Å². The van der Waals surface area contributed by atoms with Crippen LogP contribution >= 0.6 is 0 Å². The highest BCUT2D eigenvalue weighted by atomic mass is 19.1. The summed E-state index contributed by atoms with van der Waals surface area (Å²) in [7, 11) is 0. The molecule has 31 heavy (non-hydrogen) atoms. The molecule has 1 N–H and O–H groups in total. The van der Waals surface area contributed by atoms with Crippen molar-refractivity contribution in [2.45, 2.75) is 79.1 Å². The van der Waals surface area contributed by atoms with Crippen LogP contribution in [0.3, 0.4) is 0 Å². The lowest BCUT2D eigenvalue weighted by Gasteiger charge is -2.09. The van der Waals surface area contributed by atoms with Crippen LogP contribution in [0.15, 0.2) is 60.8 Å². The minimum absolute atomic E-state index is 0.147. The first kappa shape index (κ1) is 26.6. The van der Waals surface area contributed by atoms with Crippen molar-refractivity contribution < 1.29 is 8.78 Å². The van der Waals surface area contributed by atoms with E-state index in [1.807, 2.05) is 19.9 Å². The summed E-state index contributed by atoms with van der Waals surface area (Å²) in [6.45, 7) is 17.1. The number of hydrogen-bond acceptors (Lipinski definition) is 0. The number of aromatic amines is 1. The molecule has 0 fully saturated rings. The molecule has 3 rings (SSSR count). The van der Waals surface area contributed by atoms with Crippen LogP contribution in [-0.2, 0) is 0 Å². The Kier molecular flexibility index (Phi) is 11.2. The molecule has 0 saturated carbocycles. The molecule has 1 aromatic heterocycles. The fourth-order valence-corrected chi connectivity index (χ4v) is 2.86. The Bertz CT molecular complexity index is 868. The van der Waals surface area contributed by atoms with Crippen molar-refractivity contribution in [3.05, 3.63) is 94.8 Å². The number of benzene rings is 2. The molecule has 0 atom stereocenters. The molecule has 1 nitrogen and oxygen atoms in total. The third-order valence-corrected chi connectivity index (χ3v) is 5.05.